The summed E-state index contributed by atoms with van der Waals surface area (Å²) in [5, 5.41) is 10.1. The number of fused-ring (bicyclic) bond motifs is 1. The van der Waals surface area contributed by atoms with Crippen LogP contribution in [-0.4, -0.2) is 14.7 Å². The molecule has 2 heterocycles. The molecule has 0 fully saturated rings. The number of aliphatic hydroxyl groups is 1. The van der Waals surface area contributed by atoms with Gasteiger partial charge in [-0.05, 0) is 24.8 Å². The Morgan fingerprint density at radius 3 is 3.18 bits per heavy atom. The van der Waals surface area contributed by atoms with Crippen molar-refractivity contribution in [3.63, 3.8) is 0 Å². The Kier molecular flexibility index (Phi) is 2.99. The van der Waals surface area contributed by atoms with E-state index < -0.39 is 0 Å². The van der Waals surface area contributed by atoms with Crippen molar-refractivity contribution in [2.45, 2.75) is 38.3 Å². The molecule has 1 aliphatic carbocycles. The molecule has 0 spiro atoms. The summed E-state index contributed by atoms with van der Waals surface area (Å²) in [4.78, 5) is 5.34. The van der Waals surface area contributed by atoms with Gasteiger partial charge in [0, 0.05) is 29.0 Å². The summed E-state index contributed by atoms with van der Waals surface area (Å²) in [6, 6.07) is 0. The lowest BCUT2D eigenvalue weighted by Gasteiger charge is -2.06. The van der Waals surface area contributed by atoms with E-state index in [-0.39, 0.29) is 6.10 Å². The molecule has 0 radical (unpaired) electrons. The van der Waals surface area contributed by atoms with E-state index in [2.05, 4.69) is 21.9 Å². The van der Waals surface area contributed by atoms with Crippen LogP contribution in [0.2, 0.25) is 0 Å². The third-order valence-electron chi connectivity index (χ3n) is 3.35. The van der Waals surface area contributed by atoms with Gasteiger partial charge in [0.1, 0.15) is 0 Å². The highest BCUT2D eigenvalue weighted by Crippen LogP contribution is 2.29. The fraction of sp³-hybridized carbons (Fsp3) is 0.462. The number of hydrogen-bond acceptors (Lipinski definition) is 3. The summed E-state index contributed by atoms with van der Waals surface area (Å²) in [5.41, 5.74) is 4.31. The molecular formula is C13H16N2OS. The number of nitrogens with zero attached hydrogens (tertiary/aromatic N) is 2. The van der Waals surface area contributed by atoms with Crippen molar-refractivity contribution in [3.8, 4) is 0 Å². The highest BCUT2D eigenvalue weighted by Gasteiger charge is 2.18. The molecule has 3 rings (SSSR count). The van der Waals surface area contributed by atoms with Crippen LogP contribution < -0.4 is 0 Å². The summed E-state index contributed by atoms with van der Waals surface area (Å²) in [5.74, 6) is 0. The molecule has 0 aromatic carbocycles. The Balaban J connectivity index is 1.86. The molecular weight excluding hydrogens is 232 g/mol. The lowest BCUT2D eigenvalue weighted by Crippen LogP contribution is -1.97. The van der Waals surface area contributed by atoms with E-state index in [1.807, 2.05) is 11.7 Å². The molecule has 90 valence electrons. The number of aliphatic hydroxyl groups excluding tert-OH is 1. The van der Waals surface area contributed by atoms with Crippen molar-refractivity contribution >= 4 is 11.3 Å². The predicted octanol–water partition coefficient (Wildman–Crippen LogP) is 2.75. The van der Waals surface area contributed by atoms with Crippen molar-refractivity contribution < 1.29 is 5.11 Å². The van der Waals surface area contributed by atoms with Crippen molar-refractivity contribution in [3.05, 3.63) is 40.1 Å². The van der Waals surface area contributed by atoms with Gasteiger partial charge >= 0.3 is 0 Å². The Bertz CT molecular complexity index is 489. The minimum Gasteiger partial charge on any atom is -0.388 e. The lowest BCUT2D eigenvalue weighted by molar-refractivity contribution is 0.166. The second-order valence-corrected chi connectivity index (χ2v) is 5.61. The van der Waals surface area contributed by atoms with E-state index >= 15 is 0 Å². The van der Waals surface area contributed by atoms with Crippen LogP contribution in [0, 0.1) is 0 Å². The summed E-state index contributed by atoms with van der Waals surface area (Å²) in [7, 11) is 0. The number of hydrogen-bond donors (Lipinski definition) is 1. The first-order chi connectivity index (χ1) is 8.33. The molecule has 1 atom stereocenters. The van der Waals surface area contributed by atoms with E-state index in [1.165, 1.54) is 16.9 Å². The zero-order valence-corrected chi connectivity index (χ0v) is 10.5. The van der Waals surface area contributed by atoms with Crippen LogP contribution in [0.1, 0.15) is 41.4 Å². The predicted molar refractivity (Wildman–Crippen MR) is 68.2 cm³/mol. The molecule has 4 heteroatoms. The summed E-state index contributed by atoms with van der Waals surface area (Å²) >= 11 is 1.67. The van der Waals surface area contributed by atoms with Gasteiger partial charge in [-0.3, -0.25) is 4.98 Å². The molecule has 2 aromatic rings. The van der Waals surface area contributed by atoms with Gasteiger partial charge in [0.2, 0.25) is 0 Å². The van der Waals surface area contributed by atoms with Crippen molar-refractivity contribution in [1.82, 2.24) is 9.55 Å². The zero-order valence-electron chi connectivity index (χ0n) is 9.67. The highest BCUT2D eigenvalue weighted by atomic mass is 32.1. The maximum atomic E-state index is 10.1. The molecule has 1 aliphatic rings. The fourth-order valence-corrected chi connectivity index (χ4v) is 3.08. The topological polar surface area (TPSA) is 38.0 Å². The molecule has 1 unspecified atom stereocenters. The second-order valence-electron chi connectivity index (χ2n) is 4.64. The molecule has 0 saturated heterocycles. The van der Waals surface area contributed by atoms with Gasteiger partial charge in [-0.2, -0.15) is 0 Å². The fourth-order valence-electron chi connectivity index (χ4n) is 2.48. The van der Waals surface area contributed by atoms with Crippen molar-refractivity contribution in [2.24, 2.45) is 0 Å². The smallest absolute Gasteiger partial charge is 0.0807 e. The van der Waals surface area contributed by atoms with Crippen LogP contribution in [-0.2, 0) is 13.0 Å². The monoisotopic (exact) mass is 248 g/mol. The maximum absolute atomic E-state index is 10.1. The molecule has 0 saturated carbocycles. The van der Waals surface area contributed by atoms with E-state index in [1.54, 1.807) is 11.3 Å². The number of rotatable bonds is 2. The summed E-state index contributed by atoms with van der Waals surface area (Å²) in [6.45, 7) is 0.865. The largest absolute Gasteiger partial charge is 0.388 e. The van der Waals surface area contributed by atoms with Crippen LogP contribution in [0.15, 0.2) is 24.1 Å². The van der Waals surface area contributed by atoms with Crippen LogP contribution >= 0.6 is 11.3 Å². The van der Waals surface area contributed by atoms with Gasteiger partial charge in [0.25, 0.3) is 0 Å². The molecule has 3 nitrogen and oxygen atoms in total. The average molecular weight is 248 g/mol. The van der Waals surface area contributed by atoms with Crippen molar-refractivity contribution in [2.75, 3.05) is 0 Å². The second kappa shape index (κ2) is 4.63. The van der Waals surface area contributed by atoms with E-state index in [9.17, 15) is 5.11 Å². The highest BCUT2D eigenvalue weighted by molar-refractivity contribution is 7.09. The normalized spacial score (nSPS) is 19.9. The molecule has 2 aromatic heterocycles. The van der Waals surface area contributed by atoms with Gasteiger partial charge in [-0.15, -0.1) is 11.3 Å². The maximum Gasteiger partial charge on any atom is 0.0807 e. The standard InChI is InChI=1S/C13H16N2OS/c16-13-4-2-1-3-10-6-15(8-12(10)13)7-11-5-14-9-17-11/h5-6,8-9,13,16H,1-4,7H2. The Morgan fingerprint density at radius 1 is 1.41 bits per heavy atom. The third-order valence-corrected chi connectivity index (χ3v) is 4.12. The zero-order chi connectivity index (χ0) is 11.7. The van der Waals surface area contributed by atoms with Crippen LogP contribution in [0.4, 0.5) is 0 Å². The number of aromatic nitrogens is 2. The first-order valence-electron chi connectivity index (χ1n) is 6.07. The first kappa shape index (κ1) is 11.0. The van der Waals surface area contributed by atoms with Gasteiger partial charge in [0.05, 0.1) is 18.2 Å². The van der Waals surface area contributed by atoms with Crippen molar-refractivity contribution in [1.29, 1.82) is 0 Å². The van der Waals surface area contributed by atoms with Crippen LogP contribution in [0.25, 0.3) is 0 Å². The first-order valence-corrected chi connectivity index (χ1v) is 6.95. The van der Waals surface area contributed by atoms with Gasteiger partial charge in [0.15, 0.2) is 0 Å². The van der Waals surface area contributed by atoms with E-state index in [0.717, 1.165) is 31.4 Å². The molecule has 1 N–H and O–H groups in total. The van der Waals surface area contributed by atoms with E-state index in [0.29, 0.717) is 0 Å². The minimum atomic E-state index is -0.268. The third kappa shape index (κ3) is 2.28. The number of thiazole rings is 1. The Morgan fingerprint density at radius 2 is 2.35 bits per heavy atom. The summed E-state index contributed by atoms with van der Waals surface area (Å²) in [6.07, 6.45) is 10.2. The molecule has 0 bridgehead atoms. The van der Waals surface area contributed by atoms with Gasteiger partial charge < -0.3 is 9.67 Å². The quantitative estimate of drug-likeness (QED) is 0.830. The Labute approximate surface area is 105 Å². The van der Waals surface area contributed by atoms with Crippen LogP contribution in [0.5, 0.6) is 0 Å². The van der Waals surface area contributed by atoms with Gasteiger partial charge in [-0.1, -0.05) is 6.42 Å². The van der Waals surface area contributed by atoms with Gasteiger partial charge in [-0.25, -0.2) is 0 Å². The summed E-state index contributed by atoms with van der Waals surface area (Å²) < 4.78 is 2.17. The lowest BCUT2D eigenvalue weighted by atomic mass is 10.1. The van der Waals surface area contributed by atoms with Crippen LogP contribution in [0.3, 0.4) is 0 Å². The molecule has 0 aliphatic heterocycles. The molecule has 0 amide bonds. The molecule has 17 heavy (non-hydrogen) atoms. The SMILES string of the molecule is OC1CCCCc2cn(Cc3cncs3)cc21. The number of aryl methyl sites for hydroxylation is 1. The van der Waals surface area contributed by atoms with E-state index in [4.69, 9.17) is 0 Å². The Hall–Kier alpha value is -1.13. The minimum absolute atomic E-state index is 0.268. The average Bonchev–Trinajstić information content (AvgIpc) is 2.92.